The number of aliphatic hydroxyl groups excluding tert-OH is 1. The third-order valence-electron chi connectivity index (χ3n) is 3.53. The summed E-state index contributed by atoms with van der Waals surface area (Å²) >= 11 is 0. The number of rotatable bonds is 4. The van der Waals surface area contributed by atoms with Gasteiger partial charge in [0.2, 0.25) is 5.91 Å². The lowest BCUT2D eigenvalue weighted by molar-refractivity contribution is -0.197. The van der Waals surface area contributed by atoms with Gasteiger partial charge in [-0.25, -0.2) is 0 Å². The van der Waals surface area contributed by atoms with Crippen molar-refractivity contribution in [2.24, 2.45) is 11.7 Å². The van der Waals surface area contributed by atoms with Crippen molar-refractivity contribution in [3.8, 4) is 0 Å². The van der Waals surface area contributed by atoms with Gasteiger partial charge in [0.05, 0.1) is 18.1 Å². The van der Waals surface area contributed by atoms with Gasteiger partial charge in [-0.1, -0.05) is 6.92 Å². The molecule has 1 amide bonds. The maximum Gasteiger partial charge on any atom is 0.393 e. The zero-order chi connectivity index (χ0) is 14.1. The Morgan fingerprint density at radius 3 is 2.39 bits per heavy atom. The molecule has 1 heterocycles. The lowest BCUT2D eigenvalue weighted by Crippen LogP contribution is -2.55. The minimum absolute atomic E-state index is 0.351. The van der Waals surface area contributed by atoms with Crippen molar-refractivity contribution in [2.45, 2.75) is 51.1 Å². The summed E-state index contributed by atoms with van der Waals surface area (Å²) < 4.78 is 38.4. The molecule has 0 saturated carbocycles. The molecule has 4 atom stereocenters. The number of carbonyl (C=O) groups excluding carboxylic acids is 1. The number of nitrogens with two attached hydrogens (primary N) is 1. The summed E-state index contributed by atoms with van der Waals surface area (Å²) in [5.41, 5.74) is 5.19. The first-order chi connectivity index (χ1) is 8.16. The van der Waals surface area contributed by atoms with Gasteiger partial charge >= 0.3 is 6.18 Å². The Hall–Kier alpha value is -0.820. The third kappa shape index (κ3) is 3.14. The second-order valence-electron chi connectivity index (χ2n) is 4.86. The Bertz CT molecular complexity index is 307. The van der Waals surface area contributed by atoms with E-state index in [4.69, 9.17) is 5.73 Å². The summed E-state index contributed by atoms with van der Waals surface area (Å²) in [6, 6.07) is -1.85. The van der Waals surface area contributed by atoms with Gasteiger partial charge in [-0.3, -0.25) is 9.69 Å². The zero-order valence-electron chi connectivity index (χ0n) is 10.4. The molecule has 0 spiro atoms. The number of amides is 1. The van der Waals surface area contributed by atoms with E-state index in [1.165, 1.54) is 11.8 Å². The van der Waals surface area contributed by atoms with Crippen molar-refractivity contribution < 1.29 is 23.1 Å². The fourth-order valence-electron chi connectivity index (χ4n) is 2.63. The summed E-state index contributed by atoms with van der Waals surface area (Å²) in [6.45, 7) is 2.68. The van der Waals surface area contributed by atoms with E-state index in [9.17, 15) is 23.1 Å². The molecule has 18 heavy (non-hydrogen) atoms. The smallest absolute Gasteiger partial charge is 0.392 e. The molecule has 7 heteroatoms. The van der Waals surface area contributed by atoms with Gasteiger partial charge in [-0.15, -0.1) is 0 Å². The van der Waals surface area contributed by atoms with Crippen LogP contribution in [0.5, 0.6) is 0 Å². The molecule has 3 N–H and O–H groups in total. The summed E-state index contributed by atoms with van der Waals surface area (Å²) in [7, 11) is 0. The SMILES string of the molecule is CC(O)C(C(C)C(F)(F)F)N1CCCC1C(N)=O. The number of nitrogens with zero attached hydrogens (tertiary/aromatic N) is 1. The van der Waals surface area contributed by atoms with E-state index in [-0.39, 0.29) is 0 Å². The van der Waals surface area contributed by atoms with E-state index in [0.29, 0.717) is 19.4 Å². The van der Waals surface area contributed by atoms with Crippen molar-refractivity contribution in [2.75, 3.05) is 6.54 Å². The molecular weight excluding hydrogens is 249 g/mol. The lowest BCUT2D eigenvalue weighted by atomic mass is 9.94. The van der Waals surface area contributed by atoms with Gasteiger partial charge in [0, 0.05) is 6.04 Å². The third-order valence-corrected chi connectivity index (χ3v) is 3.53. The molecule has 1 rings (SSSR count). The summed E-state index contributed by atoms with van der Waals surface area (Å²) in [4.78, 5) is 12.6. The Kier molecular flexibility index (Phi) is 4.61. The summed E-state index contributed by atoms with van der Waals surface area (Å²) in [5.74, 6) is -2.34. The van der Waals surface area contributed by atoms with Gasteiger partial charge in [0.25, 0.3) is 0 Å². The van der Waals surface area contributed by atoms with Crippen molar-refractivity contribution in [3.63, 3.8) is 0 Å². The van der Waals surface area contributed by atoms with Crippen LogP contribution in [-0.4, -0.2) is 46.8 Å². The summed E-state index contributed by atoms with van der Waals surface area (Å²) in [5, 5.41) is 9.61. The molecule has 106 valence electrons. The molecule has 0 aromatic carbocycles. The van der Waals surface area contributed by atoms with E-state index in [2.05, 4.69) is 0 Å². The highest BCUT2D eigenvalue weighted by molar-refractivity contribution is 5.80. The molecular formula is C11H19F3N2O2. The first kappa shape index (κ1) is 15.2. The molecule has 1 saturated heterocycles. The molecule has 0 bridgehead atoms. The number of primary amides is 1. The Morgan fingerprint density at radius 2 is 2.00 bits per heavy atom. The molecule has 0 aromatic heterocycles. The second kappa shape index (κ2) is 5.44. The Balaban J connectivity index is 2.95. The van der Waals surface area contributed by atoms with Crippen LogP contribution in [0, 0.1) is 5.92 Å². The van der Waals surface area contributed by atoms with E-state index >= 15 is 0 Å². The van der Waals surface area contributed by atoms with E-state index in [1.54, 1.807) is 0 Å². The average molecular weight is 268 g/mol. The molecule has 1 aliphatic rings. The fourth-order valence-corrected chi connectivity index (χ4v) is 2.63. The van der Waals surface area contributed by atoms with Crippen molar-refractivity contribution in [1.29, 1.82) is 0 Å². The van der Waals surface area contributed by atoms with Crippen LogP contribution in [0.3, 0.4) is 0 Å². The first-order valence-corrected chi connectivity index (χ1v) is 5.96. The number of hydrogen-bond acceptors (Lipinski definition) is 3. The molecule has 0 aromatic rings. The number of alkyl halides is 3. The minimum Gasteiger partial charge on any atom is -0.392 e. The number of aliphatic hydroxyl groups is 1. The highest BCUT2D eigenvalue weighted by Crippen LogP contribution is 2.35. The monoisotopic (exact) mass is 268 g/mol. The maximum absolute atomic E-state index is 12.8. The van der Waals surface area contributed by atoms with Gasteiger partial charge in [0.1, 0.15) is 0 Å². The summed E-state index contributed by atoms with van der Waals surface area (Å²) in [6.07, 6.45) is -4.53. The lowest BCUT2D eigenvalue weighted by Gasteiger charge is -2.38. The largest absolute Gasteiger partial charge is 0.393 e. The minimum atomic E-state index is -4.41. The maximum atomic E-state index is 12.8. The van der Waals surface area contributed by atoms with Crippen LogP contribution in [0.25, 0.3) is 0 Å². The highest BCUT2D eigenvalue weighted by Gasteiger charge is 2.48. The number of likely N-dealkylation sites (tertiary alicyclic amines) is 1. The van der Waals surface area contributed by atoms with Crippen LogP contribution in [0.4, 0.5) is 13.2 Å². The first-order valence-electron chi connectivity index (χ1n) is 5.96. The van der Waals surface area contributed by atoms with Gasteiger partial charge in [-0.05, 0) is 26.3 Å². The van der Waals surface area contributed by atoms with E-state index in [0.717, 1.165) is 6.92 Å². The molecule has 4 unspecified atom stereocenters. The van der Waals surface area contributed by atoms with Crippen LogP contribution >= 0.6 is 0 Å². The van der Waals surface area contributed by atoms with Crippen LogP contribution in [0.1, 0.15) is 26.7 Å². The normalized spacial score (nSPS) is 26.9. The quantitative estimate of drug-likeness (QED) is 0.795. The Labute approximate surface area is 104 Å². The van der Waals surface area contributed by atoms with E-state index < -0.39 is 36.2 Å². The number of halogens is 3. The zero-order valence-corrected chi connectivity index (χ0v) is 10.4. The van der Waals surface area contributed by atoms with E-state index in [1.807, 2.05) is 0 Å². The van der Waals surface area contributed by atoms with Gasteiger partial charge in [0.15, 0.2) is 0 Å². The van der Waals surface area contributed by atoms with Crippen LogP contribution in [0.2, 0.25) is 0 Å². The molecule has 0 aliphatic carbocycles. The van der Waals surface area contributed by atoms with Crippen LogP contribution in [-0.2, 0) is 4.79 Å². The van der Waals surface area contributed by atoms with Crippen molar-refractivity contribution >= 4 is 5.91 Å². The van der Waals surface area contributed by atoms with Gasteiger partial charge < -0.3 is 10.8 Å². The van der Waals surface area contributed by atoms with Crippen LogP contribution in [0.15, 0.2) is 0 Å². The standard InChI is InChI=1S/C11H19F3N2O2/c1-6(11(12,13)14)9(7(2)17)16-5-3-4-8(16)10(15)18/h6-9,17H,3-5H2,1-2H3,(H2,15,18). The highest BCUT2D eigenvalue weighted by atomic mass is 19.4. The fraction of sp³-hybridized carbons (Fsp3) is 0.909. The predicted molar refractivity (Wildman–Crippen MR) is 59.6 cm³/mol. The molecule has 1 aliphatic heterocycles. The van der Waals surface area contributed by atoms with Crippen LogP contribution < -0.4 is 5.73 Å². The average Bonchev–Trinajstić information content (AvgIpc) is 2.64. The molecule has 1 fully saturated rings. The Morgan fingerprint density at radius 1 is 1.44 bits per heavy atom. The molecule has 0 radical (unpaired) electrons. The number of hydrogen-bond donors (Lipinski definition) is 2. The van der Waals surface area contributed by atoms with Crippen molar-refractivity contribution in [1.82, 2.24) is 4.90 Å². The molecule has 4 nitrogen and oxygen atoms in total. The number of carbonyl (C=O) groups is 1. The van der Waals surface area contributed by atoms with Crippen molar-refractivity contribution in [3.05, 3.63) is 0 Å². The second-order valence-corrected chi connectivity index (χ2v) is 4.86. The predicted octanol–water partition coefficient (Wildman–Crippen LogP) is 0.884. The topological polar surface area (TPSA) is 66.6 Å². The van der Waals surface area contributed by atoms with Gasteiger partial charge in [-0.2, -0.15) is 13.2 Å².